The number of halogens is 3. The normalized spacial score (nSPS) is 16.1. The number of hydrogen-bond acceptors (Lipinski definition) is 5. The van der Waals surface area contributed by atoms with Gasteiger partial charge in [-0.3, -0.25) is 14.3 Å². The number of nitrogens with zero attached hydrogens (tertiary/aromatic N) is 3. The molecule has 2 aromatic carbocycles. The number of amides is 1. The summed E-state index contributed by atoms with van der Waals surface area (Å²) in [6.07, 6.45) is -3.61. The Bertz CT molecular complexity index is 1280. The van der Waals surface area contributed by atoms with Gasteiger partial charge in [0.1, 0.15) is 11.9 Å². The highest BCUT2D eigenvalue weighted by atomic mass is 32.2. The summed E-state index contributed by atoms with van der Waals surface area (Å²) in [4.78, 5) is 10.5. The minimum atomic E-state index is -4.73. The summed E-state index contributed by atoms with van der Waals surface area (Å²) < 4.78 is 74.8. The fourth-order valence-electron chi connectivity index (χ4n) is 3.41. The first-order chi connectivity index (χ1) is 15.5. The second-order valence-corrected chi connectivity index (χ2v) is 9.00. The number of carbonyl (C=O) groups is 1. The predicted molar refractivity (Wildman–Crippen MR) is 111 cm³/mol. The SMILES string of the molecule is O=C(O)Nc1ccc2c(c1)N(S(=O)(=O)c1cccc(C(F)(F)F)c1)CC(Cn1cccn1)O2. The number of alkyl halides is 3. The van der Waals surface area contributed by atoms with Crippen LogP contribution in [0.1, 0.15) is 5.56 Å². The molecule has 4 rings (SSSR count). The van der Waals surface area contributed by atoms with Gasteiger partial charge in [-0.15, -0.1) is 0 Å². The molecule has 1 unspecified atom stereocenters. The lowest BCUT2D eigenvalue weighted by Gasteiger charge is -2.35. The molecule has 2 heterocycles. The minimum Gasteiger partial charge on any atom is -0.484 e. The van der Waals surface area contributed by atoms with Crippen LogP contribution in [0.2, 0.25) is 0 Å². The Morgan fingerprint density at radius 2 is 2.00 bits per heavy atom. The summed E-state index contributed by atoms with van der Waals surface area (Å²) in [6, 6.07) is 9.13. The molecule has 1 amide bonds. The molecule has 1 aliphatic rings. The van der Waals surface area contributed by atoms with Crippen LogP contribution >= 0.6 is 0 Å². The van der Waals surface area contributed by atoms with Crippen molar-refractivity contribution < 1.29 is 36.2 Å². The number of fused-ring (bicyclic) bond motifs is 1. The quantitative estimate of drug-likeness (QED) is 0.574. The van der Waals surface area contributed by atoms with Crippen LogP contribution in [0.4, 0.5) is 29.3 Å². The summed E-state index contributed by atoms with van der Waals surface area (Å²) >= 11 is 0. The van der Waals surface area contributed by atoms with E-state index in [0.29, 0.717) is 6.07 Å². The first-order valence-corrected chi connectivity index (χ1v) is 11.0. The number of benzene rings is 2. The van der Waals surface area contributed by atoms with Gasteiger partial charge >= 0.3 is 12.3 Å². The molecule has 3 aromatic rings. The Hall–Kier alpha value is -3.74. The van der Waals surface area contributed by atoms with E-state index >= 15 is 0 Å². The number of nitrogens with one attached hydrogen (secondary N) is 1. The summed E-state index contributed by atoms with van der Waals surface area (Å²) in [5, 5.41) is 15.2. The lowest BCUT2D eigenvalue weighted by Crippen LogP contribution is -2.45. The Labute approximate surface area is 186 Å². The van der Waals surface area contributed by atoms with E-state index in [0.717, 1.165) is 22.5 Å². The van der Waals surface area contributed by atoms with Gasteiger partial charge in [-0.2, -0.15) is 18.3 Å². The molecule has 1 aliphatic heterocycles. The Balaban J connectivity index is 1.78. The van der Waals surface area contributed by atoms with Crippen molar-refractivity contribution in [1.82, 2.24) is 9.78 Å². The van der Waals surface area contributed by atoms with E-state index in [-0.39, 0.29) is 30.2 Å². The second kappa shape index (κ2) is 8.31. The Kier molecular flexibility index (Phi) is 5.66. The van der Waals surface area contributed by atoms with E-state index in [2.05, 4.69) is 10.4 Å². The minimum absolute atomic E-state index is 0.00428. The van der Waals surface area contributed by atoms with Crippen molar-refractivity contribution in [3.05, 3.63) is 66.5 Å². The van der Waals surface area contributed by atoms with Crippen LogP contribution in [-0.4, -0.2) is 42.0 Å². The van der Waals surface area contributed by atoms with Gasteiger partial charge in [-0.25, -0.2) is 13.2 Å². The van der Waals surface area contributed by atoms with E-state index in [9.17, 15) is 26.4 Å². The summed E-state index contributed by atoms with van der Waals surface area (Å²) in [6.45, 7) is -0.0574. The van der Waals surface area contributed by atoms with Crippen molar-refractivity contribution in [3.63, 3.8) is 0 Å². The van der Waals surface area contributed by atoms with Gasteiger partial charge in [0.25, 0.3) is 10.0 Å². The van der Waals surface area contributed by atoms with Crippen molar-refractivity contribution in [3.8, 4) is 5.75 Å². The van der Waals surface area contributed by atoms with Crippen LogP contribution < -0.4 is 14.4 Å². The van der Waals surface area contributed by atoms with Crippen molar-refractivity contribution in [1.29, 1.82) is 0 Å². The van der Waals surface area contributed by atoms with E-state index in [1.165, 1.54) is 29.1 Å². The summed E-state index contributed by atoms with van der Waals surface area (Å²) in [5.41, 5.74) is -1.04. The Morgan fingerprint density at radius 3 is 2.67 bits per heavy atom. The van der Waals surface area contributed by atoms with E-state index in [4.69, 9.17) is 9.84 Å². The molecular weight excluding hydrogens is 465 g/mol. The zero-order valence-electron chi connectivity index (χ0n) is 16.7. The highest BCUT2D eigenvalue weighted by Gasteiger charge is 2.37. The maximum absolute atomic E-state index is 13.5. The van der Waals surface area contributed by atoms with E-state index < -0.39 is 38.9 Å². The number of rotatable bonds is 5. The molecule has 13 heteroatoms. The van der Waals surface area contributed by atoms with Gasteiger partial charge in [-0.1, -0.05) is 6.07 Å². The summed E-state index contributed by atoms with van der Waals surface area (Å²) in [7, 11) is -4.47. The lowest BCUT2D eigenvalue weighted by atomic mass is 10.2. The second-order valence-electron chi connectivity index (χ2n) is 7.14. The van der Waals surface area contributed by atoms with Crippen LogP contribution in [0.25, 0.3) is 0 Å². The number of anilines is 2. The van der Waals surface area contributed by atoms with Gasteiger partial charge in [0, 0.05) is 18.1 Å². The molecular formula is C20H17F3N4O5S. The third-order valence-corrected chi connectivity index (χ3v) is 6.62. The number of hydrogen-bond donors (Lipinski definition) is 2. The van der Waals surface area contributed by atoms with Gasteiger partial charge < -0.3 is 9.84 Å². The molecule has 0 saturated carbocycles. The predicted octanol–water partition coefficient (Wildman–Crippen LogP) is 3.65. The van der Waals surface area contributed by atoms with Crippen molar-refractivity contribution in [2.75, 3.05) is 16.2 Å². The molecule has 174 valence electrons. The summed E-state index contributed by atoms with van der Waals surface area (Å²) in [5.74, 6) is 0.130. The molecule has 0 spiro atoms. The average Bonchev–Trinajstić information content (AvgIpc) is 3.25. The molecule has 0 radical (unpaired) electrons. The van der Waals surface area contributed by atoms with Crippen LogP contribution in [0.3, 0.4) is 0 Å². The molecule has 2 N–H and O–H groups in total. The van der Waals surface area contributed by atoms with Gasteiger partial charge in [0.2, 0.25) is 0 Å². The lowest BCUT2D eigenvalue weighted by molar-refractivity contribution is -0.137. The zero-order chi connectivity index (χ0) is 23.8. The largest absolute Gasteiger partial charge is 0.484 e. The van der Waals surface area contributed by atoms with Crippen LogP contribution in [0.5, 0.6) is 5.75 Å². The monoisotopic (exact) mass is 482 g/mol. The van der Waals surface area contributed by atoms with Gasteiger partial charge in [0.05, 0.1) is 29.2 Å². The molecule has 1 aromatic heterocycles. The van der Waals surface area contributed by atoms with E-state index in [1.54, 1.807) is 12.3 Å². The van der Waals surface area contributed by atoms with Crippen LogP contribution in [0, 0.1) is 0 Å². The molecule has 0 aliphatic carbocycles. The van der Waals surface area contributed by atoms with Crippen LogP contribution in [-0.2, 0) is 22.7 Å². The highest BCUT2D eigenvalue weighted by molar-refractivity contribution is 7.92. The number of ether oxygens (including phenoxy) is 1. The van der Waals surface area contributed by atoms with Crippen molar-refractivity contribution in [2.24, 2.45) is 0 Å². The number of sulfonamides is 1. The first kappa shape index (κ1) is 22.5. The van der Waals surface area contributed by atoms with Crippen molar-refractivity contribution in [2.45, 2.75) is 23.7 Å². The van der Waals surface area contributed by atoms with Gasteiger partial charge in [-0.05, 0) is 42.5 Å². The maximum Gasteiger partial charge on any atom is 0.416 e. The molecule has 9 nitrogen and oxygen atoms in total. The van der Waals surface area contributed by atoms with Crippen molar-refractivity contribution >= 4 is 27.5 Å². The molecule has 0 bridgehead atoms. The maximum atomic E-state index is 13.5. The molecule has 1 atom stereocenters. The van der Waals surface area contributed by atoms with Gasteiger partial charge in [0.15, 0.2) is 0 Å². The first-order valence-electron chi connectivity index (χ1n) is 9.52. The average molecular weight is 482 g/mol. The number of aromatic nitrogens is 2. The third kappa shape index (κ3) is 4.72. The third-order valence-electron chi connectivity index (χ3n) is 4.84. The highest BCUT2D eigenvalue weighted by Crippen LogP contribution is 2.40. The van der Waals surface area contributed by atoms with Crippen LogP contribution in [0.15, 0.2) is 65.8 Å². The topological polar surface area (TPSA) is 114 Å². The fourth-order valence-corrected chi connectivity index (χ4v) is 4.96. The van der Waals surface area contributed by atoms with E-state index in [1.807, 2.05) is 0 Å². The smallest absolute Gasteiger partial charge is 0.416 e. The zero-order valence-corrected chi connectivity index (χ0v) is 17.5. The Morgan fingerprint density at radius 1 is 1.21 bits per heavy atom. The molecule has 33 heavy (non-hydrogen) atoms. The number of carboxylic acid groups (broad SMARTS) is 1. The molecule has 0 saturated heterocycles. The molecule has 0 fully saturated rings. The fraction of sp³-hybridized carbons (Fsp3) is 0.200. The standard InChI is InChI=1S/C20H17F3N4O5S/c21-20(22,23)13-3-1-4-16(9-13)33(30,31)27-12-15(11-26-8-2-7-24-26)32-18-6-5-14(10-17(18)27)25-19(28)29/h1-10,15,25H,11-12H2,(H,28,29).